The molecule has 36 heavy (non-hydrogen) atoms. The van der Waals surface area contributed by atoms with Crippen LogP contribution < -0.4 is 9.47 Å². The number of nitrogens with zero attached hydrogens (tertiary/aromatic N) is 3. The summed E-state index contributed by atoms with van der Waals surface area (Å²) in [5, 5.41) is 0. The summed E-state index contributed by atoms with van der Waals surface area (Å²) >= 11 is 3.37. The summed E-state index contributed by atoms with van der Waals surface area (Å²) in [6, 6.07) is 12.5. The SMILES string of the molecule is O=C(CN(C1CCCCC1)S(=O)(=O)c1ccc(Br)cc1)N1CCN(Cc2ccc3c(c2)OCO3)CC1. The van der Waals surface area contributed by atoms with Gasteiger partial charge in [-0.15, -0.1) is 0 Å². The van der Waals surface area contributed by atoms with Crippen molar-refractivity contribution >= 4 is 31.9 Å². The minimum atomic E-state index is -3.78. The Morgan fingerprint density at radius 1 is 0.944 bits per heavy atom. The van der Waals surface area contributed by atoms with Crippen LogP contribution in [0.5, 0.6) is 11.5 Å². The van der Waals surface area contributed by atoms with Crippen LogP contribution in [-0.4, -0.2) is 74.0 Å². The maximum absolute atomic E-state index is 13.6. The van der Waals surface area contributed by atoms with Crippen molar-refractivity contribution in [2.45, 2.75) is 49.6 Å². The molecule has 10 heteroatoms. The van der Waals surface area contributed by atoms with Gasteiger partial charge in [-0.3, -0.25) is 9.69 Å². The molecule has 2 aromatic rings. The number of hydrogen-bond acceptors (Lipinski definition) is 6. The number of sulfonamides is 1. The summed E-state index contributed by atoms with van der Waals surface area (Å²) in [5.74, 6) is 1.43. The molecule has 3 aliphatic rings. The average molecular weight is 579 g/mol. The van der Waals surface area contributed by atoms with E-state index in [4.69, 9.17) is 9.47 Å². The standard InChI is InChI=1S/C26H32BrN3O5S/c27-21-7-9-23(10-8-21)36(32,33)30(22-4-2-1-3-5-22)18-26(31)29-14-12-28(13-15-29)17-20-6-11-24-25(16-20)35-19-34-24/h6-11,16,22H,1-5,12-15,17-19H2. The Morgan fingerprint density at radius 2 is 1.64 bits per heavy atom. The van der Waals surface area contributed by atoms with Crippen molar-refractivity contribution in [1.82, 2.24) is 14.1 Å². The lowest BCUT2D eigenvalue weighted by atomic mass is 9.95. The first kappa shape index (κ1) is 25.5. The van der Waals surface area contributed by atoms with Crippen LogP contribution in [0.25, 0.3) is 0 Å². The number of fused-ring (bicyclic) bond motifs is 1. The van der Waals surface area contributed by atoms with E-state index in [9.17, 15) is 13.2 Å². The summed E-state index contributed by atoms with van der Waals surface area (Å²) < 4.78 is 40.4. The largest absolute Gasteiger partial charge is 0.454 e. The molecule has 0 bridgehead atoms. The zero-order valence-corrected chi connectivity index (χ0v) is 22.7. The molecule has 0 spiro atoms. The minimum Gasteiger partial charge on any atom is -0.454 e. The number of benzene rings is 2. The third-order valence-corrected chi connectivity index (χ3v) is 9.70. The van der Waals surface area contributed by atoms with Crippen LogP contribution in [0, 0.1) is 0 Å². The molecular formula is C26H32BrN3O5S. The highest BCUT2D eigenvalue weighted by molar-refractivity contribution is 9.10. The zero-order chi connectivity index (χ0) is 25.1. The molecule has 1 saturated heterocycles. The zero-order valence-electron chi connectivity index (χ0n) is 20.3. The van der Waals surface area contributed by atoms with E-state index in [1.807, 2.05) is 23.1 Å². The third-order valence-electron chi connectivity index (χ3n) is 7.26. The van der Waals surface area contributed by atoms with E-state index < -0.39 is 10.0 Å². The quantitative estimate of drug-likeness (QED) is 0.497. The van der Waals surface area contributed by atoms with Crippen LogP contribution in [0.4, 0.5) is 0 Å². The second kappa shape index (κ2) is 11.1. The van der Waals surface area contributed by atoms with Crippen LogP contribution >= 0.6 is 15.9 Å². The Morgan fingerprint density at radius 3 is 2.36 bits per heavy atom. The van der Waals surface area contributed by atoms with Gasteiger partial charge in [-0.05, 0) is 54.8 Å². The van der Waals surface area contributed by atoms with Crippen molar-refractivity contribution in [3.05, 3.63) is 52.5 Å². The average Bonchev–Trinajstić information content (AvgIpc) is 3.36. The van der Waals surface area contributed by atoms with Crippen molar-refractivity contribution in [3.63, 3.8) is 0 Å². The summed E-state index contributed by atoms with van der Waals surface area (Å²) in [6.45, 7) is 3.57. The molecule has 8 nitrogen and oxygen atoms in total. The Hall–Kier alpha value is -2.14. The van der Waals surface area contributed by atoms with E-state index in [1.54, 1.807) is 24.3 Å². The van der Waals surface area contributed by atoms with Crippen LogP contribution in [0.3, 0.4) is 0 Å². The van der Waals surface area contributed by atoms with Gasteiger partial charge in [-0.1, -0.05) is 41.3 Å². The van der Waals surface area contributed by atoms with E-state index in [0.29, 0.717) is 13.1 Å². The fraction of sp³-hybridized carbons (Fsp3) is 0.500. The fourth-order valence-electron chi connectivity index (χ4n) is 5.21. The Balaban J connectivity index is 1.22. The number of ether oxygens (including phenoxy) is 2. The Kier molecular flexibility index (Phi) is 7.85. The van der Waals surface area contributed by atoms with Gasteiger partial charge in [0.1, 0.15) is 0 Å². The van der Waals surface area contributed by atoms with Crippen LogP contribution in [0.2, 0.25) is 0 Å². The van der Waals surface area contributed by atoms with Crippen molar-refractivity contribution < 1.29 is 22.7 Å². The van der Waals surface area contributed by atoms with Gasteiger partial charge in [0.25, 0.3) is 0 Å². The molecule has 2 heterocycles. The first-order chi connectivity index (χ1) is 17.4. The number of amides is 1. The van der Waals surface area contributed by atoms with Crippen molar-refractivity contribution in [3.8, 4) is 11.5 Å². The van der Waals surface area contributed by atoms with E-state index in [0.717, 1.165) is 73.3 Å². The molecule has 2 fully saturated rings. The van der Waals surface area contributed by atoms with E-state index in [1.165, 1.54) is 4.31 Å². The number of halogens is 1. The molecule has 0 unspecified atom stereocenters. The highest BCUT2D eigenvalue weighted by atomic mass is 79.9. The number of hydrogen-bond donors (Lipinski definition) is 0. The van der Waals surface area contributed by atoms with Crippen LogP contribution in [0.15, 0.2) is 51.8 Å². The summed E-state index contributed by atoms with van der Waals surface area (Å²) in [5.41, 5.74) is 1.14. The Bertz CT molecular complexity index is 1180. The Labute approximate surface area is 221 Å². The molecule has 1 aliphatic carbocycles. The van der Waals surface area contributed by atoms with Crippen molar-refractivity contribution in [2.75, 3.05) is 39.5 Å². The molecule has 0 N–H and O–H groups in total. The normalized spacial score (nSPS) is 19.1. The maximum Gasteiger partial charge on any atom is 0.243 e. The number of rotatable bonds is 7. The smallest absolute Gasteiger partial charge is 0.243 e. The summed E-state index contributed by atoms with van der Waals surface area (Å²) in [4.78, 5) is 17.7. The van der Waals surface area contributed by atoms with Gasteiger partial charge in [-0.25, -0.2) is 8.42 Å². The summed E-state index contributed by atoms with van der Waals surface area (Å²) in [7, 11) is -3.78. The highest BCUT2D eigenvalue weighted by Gasteiger charge is 2.35. The van der Waals surface area contributed by atoms with Gasteiger partial charge >= 0.3 is 0 Å². The van der Waals surface area contributed by atoms with Gasteiger partial charge in [0, 0.05) is 43.2 Å². The number of carbonyl (C=O) groups is 1. The molecule has 2 aliphatic heterocycles. The minimum absolute atomic E-state index is 0.106. The topological polar surface area (TPSA) is 79.4 Å². The molecule has 5 rings (SSSR count). The molecule has 1 amide bonds. The molecule has 194 valence electrons. The molecular weight excluding hydrogens is 546 g/mol. The lowest BCUT2D eigenvalue weighted by Crippen LogP contribution is -2.53. The van der Waals surface area contributed by atoms with Gasteiger partial charge in [-0.2, -0.15) is 4.31 Å². The molecule has 0 aromatic heterocycles. The maximum atomic E-state index is 13.6. The number of carbonyl (C=O) groups excluding carboxylic acids is 1. The van der Waals surface area contributed by atoms with Gasteiger partial charge in [0.15, 0.2) is 11.5 Å². The second-order valence-electron chi connectivity index (χ2n) is 9.64. The predicted octanol–water partition coefficient (Wildman–Crippen LogP) is 3.85. The van der Waals surface area contributed by atoms with Gasteiger partial charge in [0.2, 0.25) is 22.7 Å². The molecule has 2 aromatic carbocycles. The first-order valence-electron chi connectivity index (χ1n) is 12.6. The highest BCUT2D eigenvalue weighted by Crippen LogP contribution is 2.33. The lowest BCUT2D eigenvalue weighted by Gasteiger charge is -2.37. The lowest BCUT2D eigenvalue weighted by molar-refractivity contribution is -0.133. The predicted molar refractivity (Wildman–Crippen MR) is 139 cm³/mol. The molecule has 1 saturated carbocycles. The summed E-state index contributed by atoms with van der Waals surface area (Å²) in [6.07, 6.45) is 4.69. The first-order valence-corrected chi connectivity index (χ1v) is 14.8. The van der Waals surface area contributed by atoms with E-state index >= 15 is 0 Å². The molecule has 0 radical (unpaired) electrons. The van der Waals surface area contributed by atoms with Crippen molar-refractivity contribution in [2.24, 2.45) is 0 Å². The van der Waals surface area contributed by atoms with Gasteiger partial charge in [0.05, 0.1) is 11.4 Å². The van der Waals surface area contributed by atoms with Crippen molar-refractivity contribution in [1.29, 1.82) is 0 Å². The van der Waals surface area contributed by atoms with E-state index in [-0.39, 0.29) is 30.2 Å². The van der Waals surface area contributed by atoms with Gasteiger partial charge < -0.3 is 14.4 Å². The molecule has 0 atom stereocenters. The number of piperazine rings is 1. The monoisotopic (exact) mass is 577 g/mol. The van der Waals surface area contributed by atoms with Crippen LogP contribution in [0.1, 0.15) is 37.7 Å². The second-order valence-corrected chi connectivity index (χ2v) is 12.4. The third kappa shape index (κ3) is 5.72. The fourth-order valence-corrected chi connectivity index (χ4v) is 7.11. The van der Waals surface area contributed by atoms with Crippen LogP contribution in [-0.2, 0) is 21.4 Å². The van der Waals surface area contributed by atoms with E-state index in [2.05, 4.69) is 20.8 Å².